The standard InChI is InChI=1S/C10H16N2O2/c1-2-9-7-12(8-11-9)5-3-10(14)4-6-13/h7-8,13H,2-6H2,1H3. The Labute approximate surface area is 83.6 Å². The Bertz CT molecular complexity index is 294. The summed E-state index contributed by atoms with van der Waals surface area (Å²) in [5.41, 5.74) is 1.04. The number of carbonyl (C=O) groups is 1. The molecule has 0 spiro atoms. The first-order valence-corrected chi connectivity index (χ1v) is 4.89. The van der Waals surface area contributed by atoms with Gasteiger partial charge in [0.2, 0.25) is 0 Å². The van der Waals surface area contributed by atoms with Crippen molar-refractivity contribution >= 4 is 5.78 Å². The van der Waals surface area contributed by atoms with E-state index in [4.69, 9.17) is 5.11 Å². The molecular weight excluding hydrogens is 180 g/mol. The van der Waals surface area contributed by atoms with Crippen LogP contribution in [0.1, 0.15) is 25.5 Å². The van der Waals surface area contributed by atoms with Crippen molar-refractivity contribution in [2.45, 2.75) is 32.7 Å². The Hall–Kier alpha value is -1.16. The molecule has 0 aliphatic rings. The number of carbonyl (C=O) groups excluding carboxylic acids is 1. The van der Waals surface area contributed by atoms with Crippen molar-refractivity contribution in [2.75, 3.05) is 6.61 Å². The predicted octanol–water partition coefficient (Wildman–Crippen LogP) is 0.787. The Morgan fingerprint density at radius 2 is 2.36 bits per heavy atom. The summed E-state index contributed by atoms with van der Waals surface area (Å²) in [5.74, 6) is 0.0965. The zero-order valence-corrected chi connectivity index (χ0v) is 8.44. The van der Waals surface area contributed by atoms with Gasteiger partial charge < -0.3 is 9.67 Å². The lowest BCUT2D eigenvalue weighted by Gasteiger charge is -1.99. The van der Waals surface area contributed by atoms with Crippen LogP contribution in [0.25, 0.3) is 0 Å². The normalized spacial score (nSPS) is 10.4. The van der Waals surface area contributed by atoms with E-state index in [0.29, 0.717) is 13.0 Å². The number of Topliss-reactive ketones (excluding diaryl/α,β-unsaturated/α-hetero) is 1. The van der Waals surface area contributed by atoms with Crippen molar-refractivity contribution in [3.63, 3.8) is 0 Å². The highest BCUT2D eigenvalue weighted by Gasteiger charge is 2.02. The molecule has 0 aliphatic heterocycles. The van der Waals surface area contributed by atoms with E-state index < -0.39 is 0 Å². The number of rotatable bonds is 6. The van der Waals surface area contributed by atoms with Crippen LogP contribution >= 0.6 is 0 Å². The Morgan fingerprint density at radius 1 is 1.57 bits per heavy atom. The van der Waals surface area contributed by atoms with Crippen molar-refractivity contribution in [3.8, 4) is 0 Å². The van der Waals surface area contributed by atoms with Crippen molar-refractivity contribution in [1.29, 1.82) is 0 Å². The summed E-state index contributed by atoms with van der Waals surface area (Å²) in [7, 11) is 0. The molecule has 1 heterocycles. The van der Waals surface area contributed by atoms with Crippen LogP contribution in [-0.4, -0.2) is 27.0 Å². The Kier molecular flexibility index (Phi) is 4.32. The minimum atomic E-state index is -0.0526. The average molecular weight is 196 g/mol. The molecule has 0 atom stereocenters. The summed E-state index contributed by atoms with van der Waals surface area (Å²) >= 11 is 0. The van der Waals surface area contributed by atoms with Gasteiger partial charge >= 0.3 is 0 Å². The van der Waals surface area contributed by atoms with Gasteiger partial charge in [0.25, 0.3) is 0 Å². The highest BCUT2D eigenvalue weighted by Crippen LogP contribution is 1.99. The molecule has 0 aliphatic carbocycles. The summed E-state index contributed by atoms with van der Waals surface area (Å²) in [5, 5.41) is 8.54. The van der Waals surface area contributed by atoms with E-state index in [1.54, 1.807) is 6.33 Å². The first-order valence-electron chi connectivity index (χ1n) is 4.89. The van der Waals surface area contributed by atoms with Crippen LogP contribution in [0.5, 0.6) is 0 Å². The average Bonchev–Trinajstić information content (AvgIpc) is 2.63. The molecule has 1 aromatic rings. The van der Waals surface area contributed by atoms with E-state index >= 15 is 0 Å². The van der Waals surface area contributed by atoms with Crippen LogP contribution < -0.4 is 0 Å². The van der Waals surface area contributed by atoms with Crippen molar-refractivity contribution in [3.05, 3.63) is 18.2 Å². The molecule has 0 amide bonds. The second-order valence-electron chi connectivity index (χ2n) is 3.22. The topological polar surface area (TPSA) is 55.1 Å². The van der Waals surface area contributed by atoms with E-state index in [2.05, 4.69) is 4.98 Å². The fraction of sp³-hybridized carbons (Fsp3) is 0.600. The van der Waals surface area contributed by atoms with Gasteiger partial charge in [-0.1, -0.05) is 6.92 Å². The van der Waals surface area contributed by atoms with Crippen LogP contribution in [-0.2, 0) is 17.8 Å². The molecular formula is C10H16N2O2. The number of imidazole rings is 1. The molecule has 1 N–H and O–H groups in total. The molecule has 0 fully saturated rings. The smallest absolute Gasteiger partial charge is 0.136 e. The lowest BCUT2D eigenvalue weighted by atomic mass is 10.2. The number of aromatic nitrogens is 2. The van der Waals surface area contributed by atoms with Gasteiger partial charge in [-0.05, 0) is 6.42 Å². The summed E-state index contributed by atoms with van der Waals surface area (Å²) in [6, 6.07) is 0. The molecule has 0 saturated heterocycles. The third kappa shape index (κ3) is 3.30. The Morgan fingerprint density at radius 3 is 2.93 bits per heavy atom. The van der Waals surface area contributed by atoms with E-state index in [1.165, 1.54) is 0 Å². The number of aryl methyl sites for hydroxylation is 2. The maximum absolute atomic E-state index is 11.1. The van der Waals surface area contributed by atoms with E-state index in [9.17, 15) is 4.79 Å². The van der Waals surface area contributed by atoms with Crippen molar-refractivity contribution in [1.82, 2.24) is 9.55 Å². The third-order valence-corrected chi connectivity index (χ3v) is 2.09. The molecule has 0 bridgehead atoms. The fourth-order valence-corrected chi connectivity index (χ4v) is 1.21. The SMILES string of the molecule is CCc1cn(CCC(=O)CCO)cn1. The summed E-state index contributed by atoms with van der Waals surface area (Å²) in [4.78, 5) is 15.3. The number of hydrogen-bond donors (Lipinski definition) is 1. The zero-order valence-electron chi connectivity index (χ0n) is 8.44. The molecule has 0 radical (unpaired) electrons. The molecule has 4 nitrogen and oxygen atoms in total. The molecule has 1 aromatic heterocycles. The van der Waals surface area contributed by atoms with E-state index in [-0.39, 0.29) is 18.8 Å². The second-order valence-corrected chi connectivity index (χ2v) is 3.22. The van der Waals surface area contributed by atoms with Gasteiger partial charge in [-0.25, -0.2) is 4.98 Å². The molecule has 0 aromatic carbocycles. The molecule has 78 valence electrons. The summed E-state index contributed by atoms with van der Waals surface area (Å²) < 4.78 is 1.91. The number of hydrogen-bond acceptors (Lipinski definition) is 3. The van der Waals surface area contributed by atoms with Crippen LogP contribution in [0.4, 0.5) is 0 Å². The molecule has 0 unspecified atom stereocenters. The number of nitrogens with zero attached hydrogens (tertiary/aromatic N) is 2. The quantitative estimate of drug-likeness (QED) is 0.731. The van der Waals surface area contributed by atoms with Crippen LogP contribution in [0.15, 0.2) is 12.5 Å². The predicted molar refractivity (Wildman–Crippen MR) is 52.9 cm³/mol. The Balaban J connectivity index is 2.34. The largest absolute Gasteiger partial charge is 0.396 e. The van der Waals surface area contributed by atoms with Gasteiger partial charge in [-0.2, -0.15) is 0 Å². The second kappa shape index (κ2) is 5.54. The van der Waals surface area contributed by atoms with Gasteiger partial charge in [0.15, 0.2) is 0 Å². The molecule has 4 heteroatoms. The van der Waals surface area contributed by atoms with Gasteiger partial charge in [0, 0.05) is 32.2 Å². The summed E-state index contributed by atoms with van der Waals surface area (Å²) in [6.07, 6.45) is 5.34. The number of aliphatic hydroxyl groups excluding tert-OH is 1. The monoisotopic (exact) mass is 196 g/mol. The first-order chi connectivity index (χ1) is 6.76. The van der Waals surface area contributed by atoms with Crippen molar-refractivity contribution < 1.29 is 9.90 Å². The minimum absolute atomic E-state index is 0.0526. The fourth-order valence-electron chi connectivity index (χ4n) is 1.21. The maximum atomic E-state index is 11.1. The molecule has 0 saturated carbocycles. The van der Waals surface area contributed by atoms with Gasteiger partial charge in [-0.3, -0.25) is 4.79 Å². The third-order valence-electron chi connectivity index (χ3n) is 2.09. The number of ketones is 1. The zero-order chi connectivity index (χ0) is 10.4. The molecule has 14 heavy (non-hydrogen) atoms. The van der Waals surface area contributed by atoms with Crippen LogP contribution in [0, 0.1) is 0 Å². The highest BCUT2D eigenvalue weighted by atomic mass is 16.3. The van der Waals surface area contributed by atoms with Gasteiger partial charge in [0.05, 0.1) is 12.0 Å². The lowest BCUT2D eigenvalue weighted by molar-refractivity contribution is -0.119. The van der Waals surface area contributed by atoms with E-state index in [1.807, 2.05) is 17.7 Å². The van der Waals surface area contributed by atoms with E-state index in [0.717, 1.165) is 12.1 Å². The first kappa shape index (κ1) is 10.9. The van der Waals surface area contributed by atoms with Crippen LogP contribution in [0.2, 0.25) is 0 Å². The van der Waals surface area contributed by atoms with Gasteiger partial charge in [-0.15, -0.1) is 0 Å². The summed E-state index contributed by atoms with van der Waals surface area (Å²) in [6.45, 7) is 2.65. The van der Waals surface area contributed by atoms with Gasteiger partial charge in [0.1, 0.15) is 5.78 Å². The molecule has 1 rings (SSSR count). The maximum Gasteiger partial charge on any atom is 0.136 e. The number of aliphatic hydroxyl groups is 1. The van der Waals surface area contributed by atoms with Crippen molar-refractivity contribution in [2.24, 2.45) is 0 Å². The highest BCUT2D eigenvalue weighted by molar-refractivity contribution is 5.78. The minimum Gasteiger partial charge on any atom is -0.396 e. The lowest BCUT2D eigenvalue weighted by Crippen LogP contribution is -2.05. The van der Waals surface area contributed by atoms with Crippen LogP contribution in [0.3, 0.4) is 0 Å².